The van der Waals surface area contributed by atoms with Crippen LogP contribution in [0, 0.1) is 12.7 Å². The standard InChI is InChI=1S/C10H9FO2/c1-7-6-8(2-4-9(7)11)3-5-10(12)13/h2-6H,1H3,(H,12,13). The Bertz CT molecular complexity index is 356. The molecule has 0 fully saturated rings. The number of halogens is 1. The molecule has 0 aliphatic carbocycles. The van der Waals surface area contributed by atoms with Crippen molar-refractivity contribution >= 4 is 12.0 Å². The molecule has 0 aliphatic rings. The second-order valence-corrected chi connectivity index (χ2v) is 2.68. The van der Waals surface area contributed by atoms with Gasteiger partial charge in [-0.2, -0.15) is 0 Å². The number of aliphatic carboxylic acids is 1. The first-order valence-corrected chi connectivity index (χ1v) is 3.77. The largest absolute Gasteiger partial charge is 0.478 e. The van der Waals surface area contributed by atoms with E-state index in [1.807, 2.05) is 0 Å². The normalized spacial score (nSPS) is 10.6. The van der Waals surface area contributed by atoms with E-state index in [4.69, 9.17) is 5.11 Å². The molecule has 0 aliphatic heterocycles. The highest BCUT2D eigenvalue weighted by molar-refractivity contribution is 5.85. The summed E-state index contributed by atoms with van der Waals surface area (Å²) in [6.45, 7) is 1.63. The molecule has 0 unspecified atom stereocenters. The minimum absolute atomic E-state index is 0.285. The predicted molar refractivity (Wildman–Crippen MR) is 47.8 cm³/mol. The number of benzene rings is 1. The van der Waals surface area contributed by atoms with E-state index in [9.17, 15) is 9.18 Å². The van der Waals surface area contributed by atoms with E-state index < -0.39 is 5.97 Å². The number of carboxylic acids is 1. The average Bonchev–Trinajstić information content (AvgIpc) is 2.07. The number of carbonyl (C=O) groups is 1. The van der Waals surface area contributed by atoms with Gasteiger partial charge in [0, 0.05) is 6.08 Å². The van der Waals surface area contributed by atoms with Crippen molar-refractivity contribution < 1.29 is 14.3 Å². The van der Waals surface area contributed by atoms with Gasteiger partial charge in [-0.05, 0) is 36.3 Å². The van der Waals surface area contributed by atoms with Gasteiger partial charge in [0.05, 0.1) is 0 Å². The number of aryl methyl sites for hydroxylation is 1. The molecule has 1 rings (SSSR count). The lowest BCUT2D eigenvalue weighted by Gasteiger charge is -1.96. The predicted octanol–water partition coefficient (Wildman–Crippen LogP) is 2.23. The summed E-state index contributed by atoms with van der Waals surface area (Å²) in [4.78, 5) is 10.2. The maximum absolute atomic E-state index is 12.8. The smallest absolute Gasteiger partial charge is 0.328 e. The molecule has 68 valence electrons. The summed E-state index contributed by atoms with van der Waals surface area (Å²) in [6, 6.07) is 4.44. The van der Waals surface area contributed by atoms with Gasteiger partial charge in [-0.15, -0.1) is 0 Å². The summed E-state index contributed by atoms with van der Waals surface area (Å²) in [5, 5.41) is 8.34. The van der Waals surface area contributed by atoms with Crippen LogP contribution in [-0.2, 0) is 4.79 Å². The van der Waals surface area contributed by atoms with Crippen LogP contribution in [0.2, 0.25) is 0 Å². The lowest BCUT2D eigenvalue weighted by Crippen LogP contribution is -1.87. The monoisotopic (exact) mass is 180 g/mol. The summed E-state index contributed by atoms with van der Waals surface area (Å²) in [5.41, 5.74) is 1.19. The van der Waals surface area contributed by atoms with Crippen LogP contribution in [-0.4, -0.2) is 11.1 Å². The summed E-state index contributed by atoms with van der Waals surface area (Å²) < 4.78 is 12.8. The van der Waals surface area contributed by atoms with E-state index in [0.717, 1.165) is 6.08 Å². The summed E-state index contributed by atoms with van der Waals surface area (Å²) in [7, 11) is 0. The minimum Gasteiger partial charge on any atom is -0.478 e. The number of rotatable bonds is 2. The zero-order chi connectivity index (χ0) is 9.84. The zero-order valence-corrected chi connectivity index (χ0v) is 7.12. The van der Waals surface area contributed by atoms with E-state index in [-0.39, 0.29) is 5.82 Å². The molecule has 0 bridgehead atoms. The second kappa shape index (κ2) is 3.85. The van der Waals surface area contributed by atoms with Crippen molar-refractivity contribution in [1.29, 1.82) is 0 Å². The molecule has 0 atom stereocenters. The maximum atomic E-state index is 12.8. The van der Waals surface area contributed by atoms with Crippen LogP contribution in [0.15, 0.2) is 24.3 Å². The number of hydrogen-bond donors (Lipinski definition) is 1. The number of hydrogen-bond acceptors (Lipinski definition) is 1. The zero-order valence-electron chi connectivity index (χ0n) is 7.12. The van der Waals surface area contributed by atoms with Crippen molar-refractivity contribution in [3.05, 3.63) is 41.2 Å². The fraction of sp³-hybridized carbons (Fsp3) is 0.100. The Labute approximate surface area is 75.3 Å². The van der Waals surface area contributed by atoms with Crippen LogP contribution in [0.5, 0.6) is 0 Å². The van der Waals surface area contributed by atoms with Gasteiger partial charge in [0.2, 0.25) is 0 Å². The molecular formula is C10H9FO2. The Balaban J connectivity index is 2.92. The van der Waals surface area contributed by atoms with Gasteiger partial charge < -0.3 is 5.11 Å². The van der Waals surface area contributed by atoms with Gasteiger partial charge in [-0.1, -0.05) is 6.07 Å². The van der Waals surface area contributed by atoms with Crippen molar-refractivity contribution in [1.82, 2.24) is 0 Å². The first-order chi connectivity index (χ1) is 6.09. The fourth-order valence-electron chi connectivity index (χ4n) is 0.939. The molecule has 0 heterocycles. The van der Waals surface area contributed by atoms with Crippen molar-refractivity contribution in [3.63, 3.8) is 0 Å². The van der Waals surface area contributed by atoms with Gasteiger partial charge in [0.25, 0.3) is 0 Å². The Morgan fingerprint density at radius 2 is 2.23 bits per heavy atom. The van der Waals surface area contributed by atoms with Crippen LogP contribution < -0.4 is 0 Å². The fourth-order valence-corrected chi connectivity index (χ4v) is 0.939. The third-order valence-electron chi connectivity index (χ3n) is 1.60. The van der Waals surface area contributed by atoms with Gasteiger partial charge in [0.15, 0.2) is 0 Å². The van der Waals surface area contributed by atoms with Crippen LogP contribution in [0.1, 0.15) is 11.1 Å². The van der Waals surface area contributed by atoms with E-state index in [1.165, 1.54) is 18.2 Å². The average molecular weight is 180 g/mol. The quantitative estimate of drug-likeness (QED) is 0.708. The van der Waals surface area contributed by atoms with Crippen molar-refractivity contribution in [3.8, 4) is 0 Å². The van der Waals surface area contributed by atoms with Crippen LogP contribution in [0.4, 0.5) is 4.39 Å². The summed E-state index contributed by atoms with van der Waals surface area (Å²) in [5.74, 6) is -1.30. The molecule has 0 saturated carbocycles. The van der Waals surface area contributed by atoms with Gasteiger partial charge in [-0.25, -0.2) is 9.18 Å². The number of carboxylic acid groups (broad SMARTS) is 1. The highest BCUT2D eigenvalue weighted by Crippen LogP contribution is 2.10. The Morgan fingerprint density at radius 1 is 1.54 bits per heavy atom. The van der Waals surface area contributed by atoms with Crippen molar-refractivity contribution in [2.75, 3.05) is 0 Å². The highest BCUT2D eigenvalue weighted by atomic mass is 19.1. The summed E-state index contributed by atoms with van der Waals surface area (Å²) >= 11 is 0. The molecule has 0 saturated heterocycles. The topological polar surface area (TPSA) is 37.3 Å². The molecule has 1 aromatic rings. The van der Waals surface area contributed by atoms with E-state index >= 15 is 0 Å². The van der Waals surface area contributed by atoms with Crippen molar-refractivity contribution in [2.24, 2.45) is 0 Å². The molecule has 1 N–H and O–H groups in total. The molecule has 0 radical (unpaired) electrons. The molecule has 0 aromatic heterocycles. The Kier molecular flexibility index (Phi) is 2.80. The Hall–Kier alpha value is -1.64. The second-order valence-electron chi connectivity index (χ2n) is 2.68. The van der Waals surface area contributed by atoms with Crippen LogP contribution in [0.25, 0.3) is 6.08 Å². The molecule has 2 nitrogen and oxygen atoms in total. The third kappa shape index (κ3) is 2.71. The molecule has 1 aromatic carbocycles. The summed E-state index contributed by atoms with van der Waals surface area (Å²) in [6.07, 6.45) is 2.45. The third-order valence-corrected chi connectivity index (χ3v) is 1.60. The van der Waals surface area contributed by atoms with Gasteiger partial charge in [0.1, 0.15) is 5.82 Å². The van der Waals surface area contributed by atoms with Gasteiger partial charge in [-0.3, -0.25) is 0 Å². The highest BCUT2D eigenvalue weighted by Gasteiger charge is 1.96. The molecular weight excluding hydrogens is 171 g/mol. The van der Waals surface area contributed by atoms with E-state index in [2.05, 4.69) is 0 Å². The first kappa shape index (κ1) is 9.45. The van der Waals surface area contributed by atoms with Gasteiger partial charge >= 0.3 is 5.97 Å². The molecule has 0 amide bonds. The molecule has 3 heteroatoms. The maximum Gasteiger partial charge on any atom is 0.328 e. The van der Waals surface area contributed by atoms with Crippen LogP contribution in [0.3, 0.4) is 0 Å². The van der Waals surface area contributed by atoms with E-state index in [0.29, 0.717) is 11.1 Å². The molecule has 0 spiro atoms. The van der Waals surface area contributed by atoms with E-state index in [1.54, 1.807) is 13.0 Å². The lowest BCUT2D eigenvalue weighted by atomic mass is 10.1. The first-order valence-electron chi connectivity index (χ1n) is 3.77. The SMILES string of the molecule is Cc1cc(C=CC(=O)O)ccc1F. The van der Waals surface area contributed by atoms with Crippen molar-refractivity contribution in [2.45, 2.75) is 6.92 Å². The molecule has 13 heavy (non-hydrogen) atoms. The lowest BCUT2D eigenvalue weighted by molar-refractivity contribution is -0.131. The Morgan fingerprint density at radius 3 is 2.77 bits per heavy atom. The minimum atomic E-state index is -1.01. The van der Waals surface area contributed by atoms with Crippen LogP contribution >= 0.6 is 0 Å².